The van der Waals surface area contributed by atoms with Crippen molar-refractivity contribution < 1.29 is 24.1 Å². The third-order valence-electron chi connectivity index (χ3n) is 3.21. The molecule has 102 valence electrons. The second-order valence-electron chi connectivity index (χ2n) is 4.98. The van der Waals surface area contributed by atoms with E-state index in [0.29, 0.717) is 13.0 Å². The third kappa shape index (κ3) is 3.63. The Labute approximate surface area is 103 Å². The summed E-state index contributed by atoms with van der Waals surface area (Å²) in [4.78, 5) is 0. The van der Waals surface area contributed by atoms with E-state index in [0.717, 1.165) is 0 Å². The minimum absolute atomic E-state index is 0.0923. The lowest BCUT2D eigenvalue weighted by Crippen LogP contribution is -2.56. The lowest BCUT2D eigenvalue weighted by molar-refractivity contribution is -0.231. The van der Waals surface area contributed by atoms with Gasteiger partial charge in [-0.3, -0.25) is 0 Å². The quantitative estimate of drug-likeness (QED) is 0.771. The molecule has 4 atom stereocenters. The van der Waals surface area contributed by atoms with Gasteiger partial charge in [0.15, 0.2) is 0 Å². The second-order valence-corrected chi connectivity index (χ2v) is 4.98. The molecular formula is C12H24O5. The van der Waals surface area contributed by atoms with Crippen molar-refractivity contribution in [1.29, 1.82) is 0 Å². The number of aliphatic hydroxyl groups is 1. The van der Waals surface area contributed by atoms with Gasteiger partial charge in [0, 0.05) is 27.8 Å². The fourth-order valence-corrected chi connectivity index (χ4v) is 2.22. The molecular weight excluding hydrogens is 224 g/mol. The molecule has 0 saturated carbocycles. The number of rotatable bonds is 5. The molecule has 17 heavy (non-hydrogen) atoms. The zero-order valence-corrected chi connectivity index (χ0v) is 11.3. The summed E-state index contributed by atoms with van der Waals surface area (Å²) in [5.41, 5.74) is -0.901. The zero-order valence-electron chi connectivity index (χ0n) is 11.3. The summed E-state index contributed by atoms with van der Waals surface area (Å²) in [5.74, 6) is 0. The van der Waals surface area contributed by atoms with Crippen LogP contribution >= 0.6 is 0 Å². The maximum atomic E-state index is 10.0. The summed E-state index contributed by atoms with van der Waals surface area (Å²) in [5, 5.41) is 10.0. The molecule has 1 aliphatic rings. The van der Waals surface area contributed by atoms with Crippen molar-refractivity contribution >= 4 is 0 Å². The Morgan fingerprint density at radius 1 is 1.24 bits per heavy atom. The Morgan fingerprint density at radius 2 is 1.88 bits per heavy atom. The van der Waals surface area contributed by atoms with E-state index in [-0.39, 0.29) is 24.4 Å². The van der Waals surface area contributed by atoms with E-state index in [1.54, 1.807) is 35.2 Å². The normalized spacial score (nSPS) is 34.9. The van der Waals surface area contributed by atoms with Gasteiger partial charge in [0.25, 0.3) is 0 Å². The highest BCUT2D eigenvalue weighted by Gasteiger charge is 2.44. The van der Waals surface area contributed by atoms with E-state index in [1.165, 1.54) is 0 Å². The van der Waals surface area contributed by atoms with Gasteiger partial charge in [0.1, 0.15) is 12.2 Å². The van der Waals surface area contributed by atoms with Crippen LogP contribution in [0.25, 0.3) is 0 Å². The Hall–Kier alpha value is -0.200. The molecule has 1 fully saturated rings. The minimum atomic E-state index is -0.901. The number of methoxy groups -OCH3 is 3. The Balaban J connectivity index is 2.79. The maximum Gasteiger partial charge on any atom is 0.112 e. The number of ether oxygens (including phenoxy) is 4. The molecule has 0 aromatic rings. The monoisotopic (exact) mass is 248 g/mol. The summed E-state index contributed by atoms with van der Waals surface area (Å²) < 4.78 is 21.8. The fraction of sp³-hybridized carbons (Fsp3) is 1.00. The van der Waals surface area contributed by atoms with Crippen LogP contribution in [-0.2, 0) is 18.9 Å². The first-order valence-corrected chi connectivity index (χ1v) is 5.86. The van der Waals surface area contributed by atoms with Gasteiger partial charge in [0.05, 0.1) is 24.4 Å². The van der Waals surface area contributed by atoms with Gasteiger partial charge >= 0.3 is 0 Å². The Kier molecular flexibility index (Phi) is 5.34. The van der Waals surface area contributed by atoms with E-state index in [1.807, 2.05) is 0 Å². The molecule has 1 aliphatic heterocycles. The van der Waals surface area contributed by atoms with Gasteiger partial charge in [-0.05, 0) is 13.8 Å². The van der Waals surface area contributed by atoms with Gasteiger partial charge in [-0.1, -0.05) is 0 Å². The van der Waals surface area contributed by atoms with Crippen LogP contribution in [0.3, 0.4) is 0 Å². The van der Waals surface area contributed by atoms with Crippen molar-refractivity contribution in [1.82, 2.24) is 0 Å². The third-order valence-corrected chi connectivity index (χ3v) is 3.21. The average Bonchev–Trinajstić information content (AvgIpc) is 2.27. The van der Waals surface area contributed by atoms with Crippen molar-refractivity contribution in [3.63, 3.8) is 0 Å². The Morgan fingerprint density at radius 3 is 2.29 bits per heavy atom. The van der Waals surface area contributed by atoms with E-state index in [9.17, 15) is 5.11 Å². The predicted octanol–water partition coefficient (Wildman–Crippen LogP) is 0.591. The molecule has 5 heteroatoms. The molecule has 0 amide bonds. The molecule has 0 aliphatic carbocycles. The molecule has 1 N–H and O–H groups in total. The standard InChI is InChI=1S/C12H24O5/c1-12(2,13)10-6-8(15-4)11(16-5)9(17-10)7-14-3/h8-11,13H,6-7H2,1-5H3/t8-,9-,10+,11+/m1/s1. The molecule has 0 aromatic heterocycles. The highest BCUT2D eigenvalue weighted by atomic mass is 16.6. The van der Waals surface area contributed by atoms with E-state index < -0.39 is 5.60 Å². The van der Waals surface area contributed by atoms with Crippen molar-refractivity contribution in [3.05, 3.63) is 0 Å². The molecule has 0 aromatic carbocycles. The van der Waals surface area contributed by atoms with Crippen molar-refractivity contribution in [2.75, 3.05) is 27.9 Å². The Bertz CT molecular complexity index is 225. The summed E-state index contributed by atoms with van der Waals surface area (Å²) in [6.45, 7) is 3.90. The lowest BCUT2D eigenvalue weighted by Gasteiger charge is -2.44. The summed E-state index contributed by atoms with van der Waals surface area (Å²) >= 11 is 0. The van der Waals surface area contributed by atoms with Crippen LogP contribution in [-0.4, -0.2) is 63.1 Å². The minimum Gasteiger partial charge on any atom is -0.388 e. The van der Waals surface area contributed by atoms with Gasteiger partial charge in [-0.15, -0.1) is 0 Å². The maximum absolute atomic E-state index is 10.0. The first-order chi connectivity index (χ1) is 7.93. The van der Waals surface area contributed by atoms with Gasteiger partial charge in [-0.2, -0.15) is 0 Å². The highest BCUT2D eigenvalue weighted by Crippen LogP contribution is 2.30. The summed E-state index contributed by atoms with van der Waals surface area (Å²) in [6.07, 6.45) is -0.151. The van der Waals surface area contributed by atoms with Crippen LogP contribution in [0.15, 0.2) is 0 Å². The van der Waals surface area contributed by atoms with Crippen molar-refractivity contribution in [2.45, 2.75) is 50.3 Å². The highest BCUT2D eigenvalue weighted by molar-refractivity contribution is 4.93. The van der Waals surface area contributed by atoms with Crippen LogP contribution in [0.4, 0.5) is 0 Å². The summed E-state index contributed by atoms with van der Waals surface area (Å²) in [7, 11) is 4.89. The summed E-state index contributed by atoms with van der Waals surface area (Å²) in [6, 6.07) is 0. The van der Waals surface area contributed by atoms with Gasteiger partial charge in [0.2, 0.25) is 0 Å². The first kappa shape index (κ1) is 14.9. The molecule has 1 saturated heterocycles. The predicted molar refractivity (Wildman–Crippen MR) is 63.0 cm³/mol. The van der Waals surface area contributed by atoms with Crippen LogP contribution in [0.1, 0.15) is 20.3 Å². The van der Waals surface area contributed by atoms with Crippen LogP contribution < -0.4 is 0 Å². The van der Waals surface area contributed by atoms with Gasteiger partial charge < -0.3 is 24.1 Å². The largest absolute Gasteiger partial charge is 0.388 e. The van der Waals surface area contributed by atoms with E-state index >= 15 is 0 Å². The molecule has 0 radical (unpaired) electrons. The lowest BCUT2D eigenvalue weighted by atomic mass is 9.89. The SMILES string of the molecule is COC[C@H]1O[C@H](C(C)(C)O)C[C@@H](OC)[C@@H]1OC. The molecule has 0 spiro atoms. The number of hydrogen-bond donors (Lipinski definition) is 1. The zero-order chi connectivity index (χ0) is 13.1. The van der Waals surface area contributed by atoms with Gasteiger partial charge in [-0.25, -0.2) is 0 Å². The fourth-order valence-electron chi connectivity index (χ4n) is 2.22. The topological polar surface area (TPSA) is 57.2 Å². The number of hydrogen-bond acceptors (Lipinski definition) is 5. The van der Waals surface area contributed by atoms with Crippen LogP contribution in [0.5, 0.6) is 0 Å². The van der Waals surface area contributed by atoms with E-state index in [4.69, 9.17) is 18.9 Å². The van der Waals surface area contributed by atoms with Crippen molar-refractivity contribution in [2.24, 2.45) is 0 Å². The molecule has 1 heterocycles. The molecule has 5 nitrogen and oxygen atoms in total. The van der Waals surface area contributed by atoms with Crippen molar-refractivity contribution in [3.8, 4) is 0 Å². The molecule has 1 rings (SSSR count). The second kappa shape index (κ2) is 6.11. The average molecular weight is 248 g/mol. The van der Waals surface area contributed by atoms with Crippen LogP contribution in [0.2, 0.25) is 0 Å². The smallest absolute Gasteiger partial charge is 0.112 e. The molecule has 0 unspecified atom stereocenters. The van der Waals surface area contributed by atoms with Crippen LogP contribution in [0, 0.1) is 0 Å². The first-order valence-electron chi connectivity index (χ1n) is 5.86. The van der Waals surface area contributed by atoms with E-state index in [2.05, 4.69) is 0 Å². The molecule has 0 bridgehead atoms.